The molecule has 0 aliphatic carbocycles. The molecule has 0 bridgehead atoms. The Bertz CT molecular complexity index is 445. The molecule has 1 nitrogen and oxygen atoms in total. The molecule has 0 spiro atoms. The summed E-state index contributed by atoms with van der Waals surface area (Å²) < 4.78 is 0.874. The van der Waals surface area contributed by atoms with E-state index in [1.165, 1.54) is 0 Å². The van der Waals surface area contributed by atoms with Gasteiger partial charge in [0.2, 0.25) is 0 Å². The third kappa shape index (κ3) is 2.18. The van der Waals surface area contributed by atoms with Crippen LogP contribution in [0.5, 0.6) is 0 Å². The van der Waals surface area contributed by atoms with Crippen molar-refractivity contribution < 1.29 is 4.79 Å². The molecule has 0 radical (unpaired) electrons. The fraction of sp³-hybridized carbons (Fsp3) is 0.417. The smallest absolute Gasteiger partial charge is 0.176 e. The molecule has 0 N–H and O–H groups in total. The number of rotatable bonds is 1. The maximum absolute atomic E-state index is 12.3. The van der Waals surface area contributed by atoms with Crippen molar-refractivity contribution in [1.29, 1.82) is 0 Å². The summed E-state index contributed by atoms with van der Waals surface area (Å²) in [6.45, 7) is 4.17. The largest absolute Gasteiger partial charge is 0.293 e. The van der Waals surface area contributed by atoms with Gasteiger partial charge in [0.05, 0.1) is 5.25 Å². The summed E-state index contributed by atoms with van der Waals surface area (Å²) in [5, 5.41) is 0.755. The van der Waals surface area contributed by atoms with Crippen molar-refractivity contribution >= 4 is 45.1 Å². The topological polar surface area (TPSA) is 17.1 Å². The third-order valence-electron chi connectivity index (χ3n) is 2.70. The number of thioether (sulfide) groups is 1. The number of hydrogen-bond donors (Lipinski definition) is 0. The second kappa shape index (κ2) is 4.71. The Kier molecular flexibility index (Phi) is 3.67. The van der Waals surface area contributed by atoms with Crippen molar-refractivity contribution in [2.75, 3.05) is 0 Å². The van der Waals surface area contributed by atoms with Crippen LogP contribution in [-0.4, -0.2) is 11.0 Å². The first-order valence-electron chi connectivity index (χ1n) is 5.14. The molecule has 0 saturated carbocycles. The van der Waals surface area contributed by atoms with Crippen molar-refractivity contribution in [1.82, 2.24) is 0 Å². The highest BCUT2D eigenvalue weighted by molar-refractivity contribution is 9.10. The minimum atomic E-state index is 0.0675. The van der Waals surface area contributed by atoms with E-state index in [2.05, 4.69) is 29.8 Å². The van der Waals surface area contributed by atoms with E-state index >= 15 is 0 Å². The maximum atomic E-state index is 12.3. The highest BCUT2D eigenvalue weighted by Crippen LogP contribution is 2.38. The highest BCUT2D eigenvalue weighted by atomic mass is 79.9. The van der Waals surface area contributed by atoms with Gasteiger partial charge in [-0.3, -0.25) is 4.79 Å². The van der Waals surface area contributed by atoms with Gasteiger partial charge in [-0.15, -0.1) is 11.8 Å². The van der Waals surface area contributed by atoms with Crippen molar-refractivity contribution in [3.05, 3.63) is 32.8 Å². The number of Topliss-reactive ketones (excluding diaryl/α,β-unsaturated/α-hetero) is 1. The van der Waals surface area contributed by atoms with Gasteiger partial charge >= 0.3 is 0 Å². The monoisotopic (exact) mass is 318 g/mol. The summed E-state index contributed by atoms with van der Waals surface area (Å²) in [5.74, 6) is 1.41. The van der Waals surface area contributed by atoms with Crippen molar-refractivity contribution in [3.8, 4) is 0 Å². The van der Waals surface area contributed by atoms with Crippen LogP contribution in [0.15, 0.2) is 16.6 Å². The summed E-state index contributed by atoms with van der Waals surface area (Å²) in [6.07, 6.45) is 0. The van der Waals surface area contributed by atoms with E-state index in [9.17, 15) is 4.79 Å². The highest BCUT2D eigenvalue weighted by Gasteiger charge is 2.31. The minimum absolute atomic E-state index is 0.0675. The average molecular weight is 320 g/mol. The quantitative estimate of drug-likeness (QED) is 0.755. The van der Waals surface area contributed by atoms with Gasteiger partial charge in [-0.05, 0) is 23.6 Å². The fourth-order valence-corrected chi connectivity index (χ4v) is 4.14. The van der Waals surface area contributed by atoms with Gasteiger partial charge in [-0.25, -0.2) is 0 Å². The molecule has 1 aliphatic rings. The van der Waals surface area contributed by atoms with Crippen LogP contribution >= 0.6 is 39.3 Å². The lowest BCUT2D eigenvalue weighted by Gasteiger charge is -2.26. The molecule has 1 aliphatic heterocycles. The SMILES string of the molecule is CC(C)C1SCc2c(Cl)cc(Br)cc2C1=O. The van der Waals surface area contributed by atoms with Gasteiger partial charge in [-0.2, -0.15) is 0 Å². The Hall–Kier alpha value is 0.01000. The molecule has 1 heterocycles. The zero-order valence-corrected chi connectivity index (χ0v) is 12.2. The van der Waals surface area contributed by atoms with Crippen LogP contribution in [0.1, 0.15) is 29.8 Å². The molecule has 4 heteroatoms. The van der Waals surface area contributed by atoms with E-state index in [1.54, 1.807) is 11.8 Å². The number of ketones is 1. The van der Waals surface area contributed by atoms with Gasteiger partial charge in [0, 0.05) is 20.8 Å². The molecular formula is C12H12BrClOS. The van der Waals surface area contributed by atoms with Crippen LogP contribution < -0.4 is 0 Å². The van der Waals surface area contributed by atoms with Gasteiger partial charge in [0.15, 0.2) is 5.78 Å². The van der Waals surface area contributed by atoms with E-state index in [0.29, 0.717) is 10.9 Å². The van der Waals surface area contributed by atoms with Crippen LogP contribution in [0, 0.1) is 5.92 Å². The Morgan fingerprint density at radius 3 is 2.81 bits per heavy atom. The Balaban J connectivity index is 2.48. The molecular weight excluding hydrogens is 308 g/mol. The normalized spacial score (nSPS) is 20.1. The van der Waals surface area contributed by atoms with E-state index < -0.39 is 0 Å². The standard InChI is InChI=1S/C12H12BrClOS/c1-6(2)12-11(15)8-3-7(13)4-10(14)9(8)5-16-12/h3-4,6,12H,5H2,1-2H3. The summed E-state index contributed by atoms with van der Waals surface area (Å²) in [7, 11) is 0. The van der Waals surface area contributed by atoms with Crippen LogP contribution in [0.25, 0.3) is 0 Å². The summed E-state index contributed by atoms with van der Waals surface area (Å²) in [6, 6.07) is 3.74. The summed E-state index contributed by atoms with van der Waals surface area (Å²) in [4.78, 5) is 12.3. The first kappa shape index (κ1) is 12.5. The van der Waals surface area contributed by atoms with E-state index in [0.717, 1.165) is 21.4 Å². The van der Waals surface area contributed by atoms with Gasteiger partial charge in [0.1, 0.15) is 0 Å². The predicted molar refractivity (Wildman–Crippen MR) is 73.4 cm³/mol. The zero-order chi connectivity index (χ0) is 11.9. The van der Waals surface area contributed by atoms with Crippen LogP contribution in [-0.2, 0) is 5.75 Å². The Labute approximate surface area is 113 Å². The number of hydrogen-bond acceptors (Lipinski definition) is 2. The first-order chi connectivity index (χ1) is 7.50. The molecule has 0 saturated heterocycles. The summed E-state index contributed by atoms with van der Waals surface area (Å²) >= 11 is 11.2. The van der Waals surface area contributed by atoms with Gasteiger partial charge in [0.25, 0.3) is 0 Å². The van der Waals surface area contributed by atoms with E-state index in [1.807, 2.05) is 12.1 Å². The molecule has 1 unspecified atom stereocenters. The lowest BCUT2D eigenvalue weighted by atomic mass is 9.96. The number of halogens is 2. The van der Waals surface area contributed by atoms with Gasteiger partial charge in [-0.1, -0.05) is 41.4 Å². The molecule has 1 aromatic rings. The molecule has 2 rings (SSSR count). The molecule has 1 aromatic carbocycles. The lowest BCUT2D eigenvalue weighted by Crippen LogP contribution is -2.28. The molecule has 1 atom stereocenters. The second-order valence-corrected chi connectivity index (χ2v) is 6.71. The number of benzene rings is 1. The zero-order valence-electron chi connectivity index (χ0n) is 9.09. The lowest BCUT2D eigenvalue weighted by molar-refractivity contribution is 0.0973. The Morgan fingerprint density at radius 1 is 1.50 bits per heavy atom. The van der Waals surface area contributed by atoms with Crippen molar-refractivity contribution in [2.24, 2.45) is 5.92 Å². The molecule has 0 amide bonds. The second-order valence-electron chi connectivity index (χ2n) is 4.25. The molecule has 0 fully saturated rings. The Morgan fingerprint density at radius 2 is 2.19 bits per heavy atom. The molecule has 0 aromatic heterocycles. The van der Waals surface area contributed by atoms with E-state index in [4.69, 9.17) is 11.6 Å². The van der Waals surface area contributed by atoms with Crippen LogP contribution in [0.3, 0.4) is 0 Å². The maximum Gasteiger partial charge on any atom is 0.176 e. The molecule has 86 valence electrons. The van der Waals surface area contributed by atoms with E-state index in [-0.39, 0.29) is 11.0 Å². The average Bonchev–Trinajstić information content (AvgIpc) is 2.19. The minimum Gasteiger partial charge on any atom is -0.293 e. The third-order valence-corrected chi connectivity index (χ3v) is 5.06. The van der Waals surface area contributed by atoms with Crippen LogP contribution in [0.2, 0.25) is 5.02 Å². The number of fused-ring (bicyclic) bond motifs is 1. The first-order valence-corrected chi connectivity index (χ1v) is 7.36. The predicted octanol–water partition coefficient (Wildman–Crippen LogP) is 4.56. The molecule has 16 heavy (non-hydrogen) atoms. The van der Waals surface area contributed by atoms with Crippen molar-refractivity contribution in [3.63, 3.8) is 0 Å². The van der Waals surface area contributed by atoms with Crippen LogP contribution in [0.4, 0.5) is 0 Å². The fourth-order valence-electron chi connectivity index (χ4n) is 1.87. The number of carbonyl (C=O) groups excluding carboxylic acids is 1. The summed E-state index contributed by atoms with van der Waals surface area (Å²) in [5.41, 5.74) is 1.77. The van der Waals surface area contributed by atoms with Gasteiger partial charge < -0.3 is 0 Å². The number of carbonyl (C=O) groups is 1. The van der Waals surface area contributed by atoms with Crippen molar-refractivity contribution in [2.45, 2.75) is 24.9 Å².